The van der Waals surface area contributed by atoms with E-state index in [1.165, 1.54) is 24.3 Å². The Hall–Kier alpha value is -2.90. The number of rotatable bonds is 8. The summed E-state index contributed by atoms with van der Waals surface area (Å²) in [6.45, 7) is 1.94. The van der Waals surface area contributed by atoms with Crippen LogP contribution in [-0.4, -0.2) is 18.0 Å². The molecule has 0 bridgehead atoms. The van der Waals surface area contributed by atoms with Crippen LogP contribution in [0.5, 0.6) is 0 Å². The largest absolute Gasteiger partial charge is 0.460 e. The highest BCUT2D eigenvalue weighted by Crippen LogP contribution is 2.22. The molecule has 142 valence electrons. The van der Waals surface area contributed by atoms with E-state index in [1.807, 2.05) is 12.1 Å². The second kappa shape index (κ2) is 9.70. The van der Waals surface area contributed by atoms with Crippen molar-refractivity contribution in [1.82, 2.24) is 5.32 Å². The van der Waals surface area contributed by atoms with Gasteiger partial charge in [0.05, 0.1) is 11.5 Å². The third-order valence-electron chi connectivity index (χ3n) is 3.80. The Bertz CT molecular complexity index is 867. The molecule has 1 heterocycles. The van der Waals surface area contributed by atoms with Crippen molar-refractivity contribution in [3.8, 4) is 11.3 Å². The second-order valence-electron chi connectivity index (χ2n) is 5.68. The van der Waals surface area contributed by atoms with E-state index in [9.17, 15) is 14.5 Å². The lowest BCUT2D eigenvalue weighted by atomic mass is 10.2. The van der Waals surface area contributed by atoms with Gasteiger partial charge in [-0.2, -0.15) is 0 Å². The highest BCUT2D eigenvalue weighted by atomic mass is 35.5. The molecule has 0 aliphatic heterocycles. The van der Waals surface area contributed by atoms with Crippen LogP contribution in [0.3, 0.4) is 0 Å². The van der Waals surface area contributed by atoms with E-state index in [4.69, 9.17) is 4.42 Å². The number of halogens is 2. The lowest BCUT2D eigenvalue weighted by molar-refractivity contribution is -0.384. The summed E-state index contributed by atoms with van der Waals surface area (Å²) in [6.07, 6.45) is 0. The van der Waals surface area contributed by atoms with Gasteiger partial charge in [0.25, 0.3) is 5.69 Å². The maximum absolute atomic E-state index is 12.9. The highest BCUT2D eigenvalue weighted by Gasteiger charge is 2.05. The number of hydrogen-bond acceptors (Lipinski definition) is 5. The summed E-state index contributed by atoms with van der Waals surface area (Å²) in [4.78, 5) is 10.2. The fourth-order valence-corrected chi connectivity index (χ4v) is 2.45. The van der Waals surface area contributed by atoms with Gasteiger partial charge in [0, 0.05) is 36.5 Å². The zero-order valence-electron chi connectivity index (χ0n) is 14.4. The van der Waals surface area contributed by atoms with Crippen LogP contribution in [0.15, 0.2) is 65.1 Å². The SMILES string of the molecule is Cl.O=[N+]([O-])c1ccc(NCCNCc2ccc(-c3ccc(F)cc3)o2)cc1. The molecule has 2 aromatic carbocycles. The molecular formula is C19H19ClFN3O3. The second-order valence-corrected chi connectivity index (χ2v) is 5.68. The third-order valence-corrected chi connectivity index (χ3v) is 3.80. The molecule has 0 aliphatic rings. The Balaban J connectivity index is 0.00000261. The quantitative estimate of drug-likeness (QED) is 0.333. The smallest absolute Gasteiger partial charge is 0.269 e. The van der Waals surface area contributed by atoms with Gasteiger partial charge in [-0.1, -0.05) is 0 Å². The minimum absolute atomic E-state index is 0. The van der Waals surface area contributed by atoms with E-state index in [2.05, 4.69) is 10.6 Å². The number of nitrogens with one attached hydrogen (secondary N) is 2. The Morgan fingerprint density at radius 3 is 2.33 bits per heavy atom. The van der Waals surface area contributed by atoms with Crippen LogP contribution in [0.2, 0.25) is 0 Å². The van der Waals surface area contributed by atoms with Gasteiger partial charge in [-0.05, 0) is 48.5 Å². The number of hydrogen-bond donors (Lipinski definition) is 2. The molecule has 27 heavy (non-hydrogen) atoms. The number of nitrogens with zero attached hydrogens (tertiary/aromatic N) is 1. The van der Waals surface area contributed by atoms with Crippen molar-refractivity contribution < 1.29 is 13.7 Å². The predicted octanol–water partition coefficient (Wildman–Crippen LogP) is 4.62. The van der Waals surface area contributed by atoms with Crippen molar-refractivity contribution in [3.63, 3.8) is 0 Å². The number of benzene rings is 2. The predicted molar refractivity (Wildman–Crippen MR) is 105 cm³/mol. The summed E-state index contributed by atoms with van der Waals surface area (Å²) in [5.74, 6) is 1.22. The maximum Gasteiger partial charge on any atom is 0.269 e. The van der Waals surface area contributed by atoms with Crippen molar-refractivity contribution >= 4 is 23.8 Å². The monoisotopic (exact) mass is 391 g/mol. The van der Waals surface area contributed by atoms with E-state index in [0.717, 1.165) is 17.0 Å². The summed E-state index contributed by atoms with van der Waals surface area (Å²) in [7, 11) is 0. The van der Waals surface area contributed by atoms with Crippen molar-refractivity contribution in [1.29, 1.82) is 0 Å². The van der Waals surface area contributed by atoms with Gasteiger partial charge in [-0.25, -0.2) is 4.39 Å². The number of anilines is 1. The van der Waals surface area contributed by atoms with Crippen LogP contribution in [0.4, 0.5) is 15.8 Å². The molecule has 0 spiro atoms. The average Bonchev–Trinajstić information content (AvgIpc) is 3.11. The molecule has 0 radical (unpaired) electrons. The summed E-state index contributed by atoms with van der Waals surface area (Å²) < 4.78 is 18.7. The van der Waals surface area contributed by atoms with Crippen molar-refractivity contribution in [2.24, 2.45) is 0 Å². The third kappa shape index (κ3) is 5.80. The zero-order chi connectivity index (χ0) is 18.4. The van der Waals surface area contributed by atoms with Gasteiger partial charge in [-0.3, -0.25) is 10.1 Å². The van der Waals surface area contributed by atoms with Gasteiger partial charge in [0.2, 0.25) is 0 Å². The van der Waals surface area contributed by atoms with E-state index < -0.39 is 4.92 Å². The van der Waals surface area contributed by atoms with E-state index in [0.29, 0.717) is 25.4 Å². The fourth-order valence-electron chi connectivity index (χ4n) is 2.45. The van der Waals surface area contributed by atoms with Crippen molar-refractivity contribution in [2.45, 2.75) is 6.54 Å². The van der Waals surface area contributed by atoms with Gasteiger partial charge in [0.1, 0.15) is 17.3 Å². The molecule has 2 N–H and O–H groups in total. The summed E-state index contributed by atoms with van der Waals surface area (Å²) in [6, 6.07) is 16.2. The standard InChI is InChI=1S/C19H18FN3O3.ClH/c20-15-3-1-14(2-4-15)19-10-9-18(26-19)13-21-11-12-22-16-5-7-17(8-6-16)23(24)25;/h1-10,21-22H,11-13H2;1H. The molecule has 3 rings (SSSR count). The molecule has 6 nitrogen and oxygen atoms in total. The Morgan fingerprint density at radius 1 is 0.963 bits per heavy atom. The molecule has 0 fully saturated rings. The number of nitro benzene ring substituents is 1. The van der Waals surface area contributed by atoms with E-state index >= 15 is 0 Å². The minimum atomic E-state index is -0.422. The van der Waals surface area contributed by atoms with Crippen molar-refractivity contribution in [3.05, 3.63) is 82.4 Å². The lowest BCUT2D eigenvalue weighted by Gasteiger charge is -2.07. The highest BCUT2D eigenvalue weighted by molar-refractivity contribution is 5.85. The normalized spacial score (nSPS) is 10.3. The molecule has 1 aromatic heterocycles. The minimum Gasteiger partial charge on any atom is -0.460 e. The molecule has 0 amide bonds. The van der Waals surface area contributed by atoms with Crippen LogP contribution in [0, 0.1) is 15.9 Å². The molecule has 0 saturated carbocycles. The first kappa shape index (κ1) is 20.4. The van der Waals surface area contributed by atoms with Crippen LogP contribution >= 0.6 is 12.4 Å². The van der Waals surface area contributed by atoms with Gasteiger partial charge in [0.15, 0.2) is 0 Å². The molecule has 3 aromatic rings. The molecule has 0 aliphatic carbocycles. The topological polar surface area (TPSA) is 80.3 Å². The molecule has 0 atom stereocenters. The van der Waals surface area contributed by atoms with Crippen LogP contribution in [-0.2, 0) is 6.54 Å². The van der Waals surface area contributed by atoms with E-state index in [1.54, 1.807) is 24.3 Å². The first-order chi connectivity index (χ1) is 12.6. The molecular weight excluding hydrogens is 373 g/mol. The van der Waals surface area contributed by atoms with Gasteiger partial charge < -0.3 is 15.1 Å². The van der Waals surface area contributed by atoms with E-state index in [-0.39, 0.29) is 23.9 Å². The van der Waals surface area contributed by atoms with Crippen LogP contribution in [0.1, 0.15) is 5.76 Å². The van der Waals surface area contributed by atoms with Gasteiger partial charge >= 0.3 is 0 Å². The number of nitro groups is 1. The maximum atomic E-state index is 12.9. The van der Waals surface area contributed by atoms with Gasteiger partial charge in [-0.15, -0.1) is 12.4 Å². The fraction of sp³-hybridized carbons (Fsp3) is 0.158. The lowest BCUT2D eigenvalue weighted by Crippen LogP contribution is -2.21. The Labute approximate surface area is 162 Å². The first-order valence-electron chi connectivity index (χ1n) is 8.15. The number of non-ortho nitro benzene ring substituents is 1. The molecule has 8 heteroatoms. The Kier molecular flexibility index (Phi) is 7.34. The zero-order valence-corrected chi connectivity index (χ0v) is 15.2. The summed E-state index contributed by atoms with van der Waals surface area (Å²) >= 11 is 0. The van der Waals surface area contributed by atoms with Crippen molar-refractivity contribution in [2.75, 3.05) is 18.4 Å². The summed E-state index contributed by atoms with van der Waals surface area (Å²) in [5.41, 5.74) is 1.73. The molecule has 0 saturated heterocycles. The number of furan rings is 1. The first-order valence-corrected chi connectivity index (χ1v) is 8.15. The van der Waals surface area contributed by atoms with Crippen LogP contribution in [0.25, 0.3) is 11.3 Å². The molecule has 0 unspecified atom stereocenters. The van der Waals surface area contributed by atoms with Crippen LogP contribution < -0.4 is 10.6 Å². The average molecular weight is 392 g/mol. The Morgan fingerprint density at radius 2 is 1.67 bits per heavy atom. The summed E-state index contributed by atoms with van der Waals surface area (Å²) in [5, 5.41) is 17.0.